The van der Waals surface area contributed by atoms with Crippen molar-refractivity contribution in [3.05, 3.63) is 12.4 Å². The Bertz CT molecular complexity index is 338. The second kappa shape index (κ2) is 9.81. The highest BCUT2D eigenvalue weighted by Crippen LogP contribution is 2.13. The second-order valence-corrected chi connectivity index (χ2v) is 5.44. The maximum absolute atomic E-state index is 4.46. The molecule has 4 nitrogen and oxygen atoms in total. The zero-order chi connectivity index (χ0) is 14.8. The Morgan fingerprint density at radius 3 is 2.35 bits per heavy atom. The van der Waals surface area contributed by atoms with Crippen LogP contribution in [0, 0.1) is 0 Å². The van der Waals surface area contributed by atoms with Crippen molar-refractivity contribution in [2.75, 3.05) is 25.0 Å². The number of nitrogens with one attached hydrogen (secondary N) is 1. The van der Waals surface area contributed by atoms with E-state index in [2.05, 4.69) is 53.9 Å². The van der Waals surface area contributed by atoms with Gasteiger partial charge < -0.3 is 10.2 Å². The molecule has 0 aliphatic heterocycles. The first-order chi connectivity index (χ1) is 9.73. The minimum absolute atomic E-state index is 0.588. The van der Waals surface area contributed by atoms with Crippen LogP contribution in [-0.4, -0.2) is 40.4 Å². The molecule has 0 aromatic carbocycles. The van der Waals surface area contributed by atoms with Crippen LogP contribution in [0.1, 0.15) is 53.4 Å². The van der Waals surface area contributed by atoms with E-state index in [9.17, 15) is 0 Å². The smallest absolute Gasteiger partial charge is 0.0728 e. The molecule has 1 aromatic rings. The van der Waals surface area contributed by atoms with E-state index in [4.69, 9.17) is 0 Å². The first-order valence-corrected chi connectivity index (χ1v) is 8.24. The summed E-state index contributed by atoms with van der Waals surface area (Å²) >= 11 is 0. The molecule has 20 heavy (non-hydrogen) atoms. The first-order valence-electron chi connectivity index (χ1n) is 8.24. The zero-order valence-electron chi connectivity index (χ0n) is 13.7. The highest BCUT2D eigenvalue weighted by atomic mass is 15.3. The van der Waals surface area contributed by atoms with Gasteiger partial charge in [-0.25, -0.2) is 0 Å². The fraction of sp³-hybridized carbons (Fsp3) is 0.812. The van der Waals surface area contributed by atoms with Crippen molar-refractivity contribution >= 4 is 5.69 Å². The van der Waals surface area contributed by atoms with Crippen molar-refractivity contribution in [3.8, 4) is 0 Å². The number of likely N-dealkylation sites (N-methyl/N-ethyl adjacent to an activating group) is 1. The van der Waals surface area contributed by atoms with Gasteiger partial charge in [-0.1, -0.05) is 40.5 Å². The molecule has 1 heterocycles. The van der Waals surface area contributed by atoms with Gasteiger partial charge in [0.1, 0.15) is 0 Å². The van der Waals surface area contributed by atoms with Crippen molar-refractivity contribution in [1.29, 1.82) is 0 Å². The Morgan fingerprint density at radius 1 is 1.15 bits per heavy atom. The molecule has 1 N–H and O–H groups in total. The van der Waals surface area contributed by atoms with E-state index in [1.54, 1.807) is 0 Å². The van der Waals surface area contributed by atoms with Gasteiger partial charge in [-0.05, 0) is 25.9 Å². The maximum Gasteiger partial charge on any atom is 0.0728 e. The number of anilines is 1. The maximum atomic E-state index is 4.46. The molecule has 0 atom stereocenters. The lowest BCUT2D eigenvalue weighted by Gasteiger charge is -2.18. The Morgan fingerprint density at radius 2 is 1.80 bits per heavy atom. The molecule has 0 radical (unpaired) electrons. The van der Waals surface area contributed by atoms with Crippen LogP contribution in [-0.2, 0) is 6.54 Å². The van der Waals surface area contributed by atoms with Crippen molar-refractivity contribution in [3.63, 3.8) is 0 Å². The van der Waals surface area contributed by atoms with Crippen LogP contribution in [0.2, 0.25) is 0 Å². The van der Waals surface area contributed by atoms with Crippen LogP contribution in [0.15, 0.2) is 12.4 Å². The molecule has 0 fully saturated rings. The van der Waals surface area contributed by atoms with E-state index >= 15 is 0 Å². The molecular weight excluding hydrogens is 248 g/mol. The number of rotatable bonds is 11. The molecule has 0 amide bonds. The predicted molar refractivity (Wildman–Crippen MR) is 87.2 cm³/mol. The Labute approximate surface area is 124 Å². The Balaban J connectivity index is 2.45. The van der Waals surface area contributed by atoms with Gasteiger partial charge in [0.15, 0.2) is 0 Å². The lowest BCUT2D eigenvalue weighted by Crippen LogP contribution is -2.27. The first kappa shape index (κ1) is 17.0. The predicted octanol–water partition coefficient (Wildman–Crippen LogP) is 3.61. The molecule has 0 aliphatic rings. The molecule has 0 saturated carbocycles. The number of aromatic nitrogens is 2. The molecule has 4 heteroatoms. The minimum Gasteiger partial charge on any atom is -0.380 e. The van der Waals surface area contributed by atoms with Crippen molar-refractivity contribution in [1.82, 2.24) is 14.7 Å². The summed E-state index contributed by atoms with van der Waals surface area (Å²) < 4.78 is 2.05. The molecule has 0 bridgehead atoms. The van der Waals surface area contributed by atoms with Gasteiger partial charge in [0.2, 0.25) is 0 Å². The molecule has 0 spiro atoms. The van der Waals surface area contributed by atoms with E-state index in [-0.39, 0.29) is 0 Å². The third kappa shape index (κ3) is 5.95. The lowest BCUT2D eigenvalue weighted by molar-refractivity contribution is 0.285. The molecule has 0 aliphatic carbocycles. The summed E-state index contributed by atoms with van der Waals surface area (Å²) in [6, 6.07) is 0.588. The topological polar surface area (TPSA) is 33.1 Å². The van der Waals surface area contributed by atoms with Crippen LogP contribution >= 0.6 is 0 Å². The highest BCUT2D eigenvalue weighted by Gasteiger charge is 2.08. The van der Waals surface area contributed by atoms with E-state index in [1.807, 2.05) is 6.20 Å². The van der Waals surface area contributed by atoms with Gasteiger partial charge in [0.05, 0.1) is 18.4 Å². The zero-order valence-corrected chi connectivity index (χ0v) is 13.7. The summed E-state index contributed by atoms with van der Waals surface area (Å²) in [7, 11) is 0. The summed E-state index contributed by atoms with van der Waals surface area (Å²) in [6.45, 7) is 13.2. The molecule has 1 rings (SSSR count). The van der Waals surface area contributed by atoms with E-state index in [0.717, 1.165) is 31.9 Å². The normalized spacial score (nSPS) is 11.5. The van der Waals surface area contributed by atoms with Gasteiger partial charge in [0.25, 0.3) is 0 Å². The number of hydrogen-bond donors (Lipinski definition) is 1. The van der Waals surface area contributed by atoms with Crippen LogP contribution in [0.5, 0.6) is 0 Å². The van der Waals surface area contributed by atoms with Crippen LogP contribution in [0.3, 0.4) is 0 Å². The van der Waals surface area contributed by atoms with Gasteiger partial charge in [-0.15, -0.1) is 0 Å². The fourth-order valence-corrected chi connectivity index (χ4v) is 2.57. The largest absolute Gasteiger partial charge is 0.380 e. The fourth-order valence-electron chi connectivity index (χ4n) is 2.57. The van der Waals surface area contributed by atoms with Crippen molar-refractivity contribution in [2.24, 2.45) is 0 Å². The third-order valence-electron chi connectivity index (χ3n) is 3.82. The SMILES string of the molecule is CCCC(CCC)Nc1cnn(CCN(CC)CC)c1. The number of nitrogens with zero attached hydrogens (tertiary/aromatic N) is 3. The van der Waals surface area contributed by atoms with Gasteiger partial charge >= 0.3 is 0 Å². The summed E-state index contributed by atoms with van der Waals surface area (Å²) in [4.78, 5) is 2.42. The van der Waals surface area contributed by atoms with Gasteiger partial charge in [-0.3, -0.25) is 4.68 Å². The Kier molecular flexibility index (Phi) is 8.35. The average Bonchev–Trinajstić information content (AvgIpc) is 2.88. The second-order valence-electron chi connectivity index (χ2n) is 5.44. The monoisotopic (exact) mass is 280 g/mol. The van der Waals surface area contributed by atoms with E-state index in [0.29, 0.717) is 6.04 Å². The molecule has 116 valence electrons. The quantitative estimate of drug-likeness (QED) is 0.672. The third-order valence-corrected chi connectivity index (χ3v) is 3.82. The summed E-state index contributed by atoms with van der Waals surface area (Å²) in [5.41, 5.74) is 1.16. The van der Waals surface area contributed by atoms with E-state index in [1.165, 1.54) is 25.7 Å². The van der Waals surface area contributed by atoms with Crippen LogP contribution in [0.25, 0.3) is 0 Å². The highest BCUT2D eigenvalue weighted by molar-refractivity contribution is 5.39. The van der Waals surface area contributed by atoms with Crippen LogP contribution in [0.4, 0.5) is 5.69 Å². The number of hydrogen-bond acceptors (Lipinski definition) is 3. The molecular formula is C16H32N4. The molecule has 0 unspecified atom stereocenters. The molecule has 1 aromatic heterocycles. The van der Waals surface area contributed by atoms with Gasteiger partial charge in [-0.2, -0.15) is 5.10 Å². The summed E-state index contributed by atoms with van der Waals surface area (Å²) in [5.74, 6) is 0. The van der Waals surface area contributed by atoms with Gasteiger partial charge in [0, 0.05) is 18.8 Å². The van der Waals surface area contributed by atoms with E-state index < -0.39 is 0 Å². The van der Waals surface area contributed by atoms with Crippen molar-refractivity contribution < 1.29 is 0 Å². The minimum atomic E-state index is 0.588. The van der Waals surface area contributed by atoms with Crippen LogP contribution < -0.4 is 5.32 Å². The summed E-state index contributed by atoms with van der Waals surface area (Å²) in [5, 5.41) is 8.08. The summed E-state index contributed by atoms with van der Waals surface area (Å²) in [6.07, 6.45) is 9.03. The average molecular weight is 280 g/mol. The standard InChI is InChI=1S/C16H32N4/c1-5-9-15(10-6-2)18-16-13-17-20(14-16)12-11-19(7-3)8-4/h13-15,18H,5-12H2,1-4H3. The lowest BCUT2D eigenvalue weighted by atomic mass is 10.1. The van der Waals surface area contributed by atoms with Crippen molar-refractivity contribution in [2.45, 2.75) is 66.0 Å². The molecule has 0 saturated heterocycles. The Hall–Kier alpha value is -1.03.